The Morgan fingerprint density at radius 2 is 1.83 bits per heavy atom. The summed E-state index contributed by atoms with van der Waals surface area (Å²) in [5, 5.41) is 0.679. The second-order valence-electron chi connectivity index (χ2n) is 6.69. The number of nitrogens with zero attached hydrogens (tertiary/aromatic N) is 1. The van der Waals surface area contributed by atoms with Crippen LogP contribution in [0.1, 0.15) is 29.2 Å². The van der Waals surface area contributed by atoms with Gasteiger partial charge in [0, 0.05) is 16.8 Å². The zero-order chi connectivity index (χ0) is 20.8. The molecule has 0 atom stereocenters. The smallest absolute Gasteiger partial charge is 0.175 e. The van der Waals surface area contributed by atoms with Crippen LogP contribution in [0.2, 0.25) is 5.02 Å². The maximum absolute atomic E-state index is 6.24. The largest absolute Gasteiger partial charge is 0.490 e. The summed E-state index contributed by atoms with van der Waals surface area (Å²) in [6.45, 7) is 6.98. The molecule has 0 saturated heterocycles. The third-order valence-corrected chi connectivity index (χ3v) is 5.32. The Morgan fingerprint density at radius 1 is 1.03 bits per heavy atom. The van der Waals surface area contributed by atoms with Crippen molar-refractivity contribution in [3.05, 3.63) is 86.3 Å². The molecule has 5 heteroatoms. The van der Waals surface area contributed by atoms with Gasteiger partial charge in [-0.15, -0.1) is 0 Å². The standard InChI is InChI=1S/C24H23BrClNO2/c1-4-28-23-13-18(14-27-22-10-9-16(2)11-17(22)3)12-20(25)24(23)29-15-19-7-5-6-8-21(19)26/h5-14H,4,15H2,1-3H3. The Kier molecular flexibility index (Phi) is 7.34. The molecule has 29 heavy (non-hydrogen) atoms. The molecule has 3 nitrogen and oxygen atoms in total. The quantitative estimate of drug-likeness (QED) is 0.334. The third kappa shape index (κ3) is 5.62. The number of aryl methyl sites for hydroxylation is 2. The fourth-order valence-electron chi connectivity index (χ4n) is 2.93. The molecule has 0 aliphatic rings. The van der Waals surface area contributed by atoms with E-state index in [0.29, 0.717) is 29.7 Å². The number of rotatable bonds is 7. The molecule has 0 heterocycles. The maximum Gasteiger partial charge on any atom is 0.175 e. The summed E-state index contributed by atoms with van der Waals surface area (Å²) in [5.74, 6) is 1.31. The van der Waals surface area contributed by atoms with E-state index in [1.165, 1.54) is 5.56 Å². The van der Waals surface area contributed by atoms with Gasteiger partial charge in [0.15, 0.2) is 11.5 Å². The molecule has 0 unspecified atom stereocenters. The summed E-state index contributed by atoms with van der Waals surface area (Å²) in [5.41, 5.74) is 5.16. The predicted octanol–water partition coefficient (Wildman–Crippen LogP) is 7.45. The van der Waals surface area contributed by atoms with E-state index in [0.717, 1.165) is 26.9 Å². The second-order valence-corrected chi connectivity index (χ2v) is 7.95. The zero-order valence-corrected chi connectivity index (χ0v) is 19.0. The van der Waals surface area contributed by atoms with Gasteiger partial charge in [0.1, 0.15) is 6.61 Å². The highest BCUT2D eigenvalue weighted by Crippen LogP contribution is 2.37. The molecule has 0 aromatic heterocycles. The summed E-state index contributed by atoms with van der Waals surface area (Å²) in [6, 6.07) is 17.8. The van der Waals surface area contributed by atoms with Gasteiger partial charge in [0.25, 0.3) is 0 Å². The van der Waals surface area contributed by atoms with Gasteiger partial charge in [-0.3, -0.25) is 4.99 Å². The van der Waals surface area contributed by atoms with Crippen LogP contribution >= 0.6 is 27.5 Å². The molecule has 3 aromatic rings. The highest BCUT2D eigenvalue weighted by atomic mass is 79.9. The summed E-state index contributed by atoms with van der Waals surface area (Å²) in [4.78, 5) is 4.63. The molecule has 0 spiro atoms. The molecular formula is C24H23BrClNO2. The van der Waals surface area contributed by atoms with Crippen molar-refractivity contribution in [2.45, 2.75) is 27.4 Å². The van der Waals surface area contributed by atoms with E-state index in [9.17, 15) is 0 Å². The molecule has 0 amide bonds. The fraction of sp³-hybridized carbons (Fsp3) is 0.208. The first-order valence-electron chi connectivity index (χ1n) is 9.41. The van der Waals surface area contributed by atoms with E-state index in [-0.39, 0.29) is 0 Å². The first kappa shape index (κ1) is 21.4. The Bertz CT molecular complexity index is 1030. The van der Waals surface area contributed by atoms with Crippen LogP contribution in [0, 0.1) is 13.8 Å². The molecule has 0 saturated carbocycles. The highest BCUT2D eigenvalue weighted by Gasteiger charge is 2.13. The van der Waals surface area contributed by atoms with Crippen LogP contribution in [-0.4, -0.2) is 12.8 Å². The van der Waals surface area contributed by atoms with E-state index in [1.807, 2.05) is 55.6 Å². The van der Waals surface area contributed by atoms with Gasteiger partial charge in [-0.05, 0) is 72.1 Å². The van der Waals surface area contributed by atoms with Crippen LogP contribution in [-0.2, 0) is 6.61 Å². The van der Waals surface area contributed by atoms with Crippen molar-refractivity contribution >= 4 is 39.4 Å². The average Bonchev–Trinajstić information content (AvgIpc) is 2.68. The lowest BCUT2D eigenvalue weighted by atomic mass is 10.1. The molecular weight excluding hydrogens is 450 g/mol. The Balaban J connectivity index is 1.85. The van der Waals surface area contributed by atoms with Gasteiger partial charge in [-0.1, -0.05) is 47.5 Å². The monoisotopic (exact) mass is 471 g/mol. The molecule has 0 bridgehead atoms. The first-order chi connectivity index (χ1) is 14.0. The van der Waals surface area contributed by atoms with E-state index >= 15 is 0 Å². The lowest BCUT2D eigenvalue weighted by Crippen LogP contribution is -2.02. The molecule has 3 rings (SSSR count). The molecule has 150 valence electrons. The van der Waals surface area contributed by atoms with E-state index < -0.39 is 0 Å². The van der Waals surface area contributed by atoms with Gasteiger partial charge in [-0.2, -0.15) is 0 Å². The molecule has 0 aliphatic heterocycles. The molecule has 3 aromatic carbocycles. The minimum atomic E-state index is 0.356. The summed E-state index contributed by atoms with van der Waals surface area (Å²) < 4.78 is 12.7. The predicted molar refractivity (Wildman–Crippen MR) is 124 cm³/mol. The molecule has 0 N–H and O–H groups in total. The number of benzene rings is 3. The molecule has 0 aliphatic carbocycles. The van der Waals surface area contributed by atoms with Crippen molar-refractivity contribution in [2.75, 3.05) is 6.61 Å². The van der Waals surface area contributed by atoms with Crippen LogP contribution in [0.25, 0.3) is 0 Å². The van der Waals surface area contributed by atoms with Crippen molar-refractivity contribution in [2.24, 2.45) is 4.99 Å². The maximum atomic E-state index is 6.24. The molecule has 0 fully saturated rings. The third-order valence-electron chi connectivity index (χ3n) is 4.37. The lowest BCUT2D eigenvalue weighted by molar-refractivity contribution is 0.267. The number of aliphatic imine (C=N–C) groups is 1. The Labute approximate surface area is 185 Å². The van der Waals surface area contributed by atoms with Crippen molar-refractivity contribution in [3.63, 3.8) is 0 Å². The van der Waals surface area contributed by atoms with Crippen molar-refractivity contribution in [1.29, 1.82) is 0 Å². The topological polar surface area (TPSA) is 30.8 Å². The Morgan fingerprint density at radius 3 is 2.55 bits per heavy atom. The number of hydrogen-bond acceptors (Lipinski definition) is 3. The minimum Gasteiger partial charge on any atom is -0.490 e. The van der Waals surface area contributed by atoms with Gasteiger partial charge >= 0.3 is 0 Å². The van der Waals surface area contributed by atoms with Crippen molar-refractivity contribution in [3.8, 4) is 11.5 Å². The summed E-state index contributed by atoms with van der Waals surface area (Å²) in [6.07, 6.45) is 1.84. The number of halogens is 2. The van der Waals surface area contributed by atoms with Crippen LogP contribution < -0.4 is 9.47 Å². The number of ether oxygens (including phenoxy) is 2. The summed E-state index contributed by atoms with van der Waals surface area (Å²) >= 11 is 9.85. The Hall–Kier alpha value is -2.30. The zero-order valence-electron chi connectivity index (χ0n) is 16.7. The number of hydrogen-bond donors (Lipinski definition) is 0. The lowest BCUT2D eigenvalue weighted by Gasteiger charge is -2.15. The first-order valence-corrected chi connectivity index (χ1v) is 10.6. The van der Waals surface area contributed by atoms with Crippen LogP contribution in [0.5, 0.6) is 11.5 Å². The normalized spacial score (nSPS) is 11.1. The van der Waals surface area contributed by atoms with Crippen molar-refractivity contribution < 1.29 is 9.47 Å². The second kappa shape index (κ2) is 9.95. The van der Waals surface area contributed by atoms with Crippen LogP contribution in [0.3, 0.4) is 0 Å². The fourth-order valence-corrected chi connectivity index (χ4v) is 3.69. The molecule has 0 radical (unpaired) electrons. The minimum absolute atomic E-state index is 0.356. The van der Waals surface area contributed by atoms with Gasteiger partial charge < -0.3 is 9.47 Å². The SMILES string of the molecule is CCOc1cc(C=Nc2ccc(C)cc2C)cc(Br)c1OCc1ccccc1Cl. The highest BCUT2D eigenvalue weighted by molar-refractivity contribution is 9.10. The van der Waals surface area contributed by atoms with E-state index in [4.69, 9.17) is 21.1 Å². The van der Waals surface area contributed by atoms with Gasteiger partial charge in [-0.25, -0.2) is 0 Å². The van der Waals surface area contributed by atoms with Gasteiger partial charge in [0.2, 0.25) is 0 Å². The van der Waals surface area contributed by atoms with Crippen LogP contribution in [0.15, 0.2) is 64.1 Å². The van der Waals surface area contributed by atoms with Gasteiger partial charge in [0.05, 0.1) is 16.8 Å². The summed E-state index contributed by atoms with van der Waals surface area (Å²) in [7, 11) is 0. The van der Waals surface area contributed by atoms with Crippen LogP contribution in [0.4, 0.5) is 5.69 Å². The van der Waals surface area contributed by atoms with E-state index in [2.05, 4.69) is 46.9 Å². The average molecular weight is 473 g/mol. The van der Waals surface area contributed by atoms with Crippen molar-refractivity contribution in [1.82, 2.24) is 0 Å². The van der Waals surface area contributed by atoms with E-state index in [1.54, 1.807) is 0 Å².